The van der Waals surface area contributed by atoms with Crippen LogP contribution in [0.1, 0.15) is 303 Å². The van der Waals surface area contributed by atoms with E-state index in [9.17, 15) is 19.4 Å². The van der Waals surface area contributed by atoms with Crippen LogP contribution in [0.4, 0.5) is 0 Å². The number of phosphoric ester groups is 1. The van der Waals surface area contributed by atoms with E-state index in [0.717, 1.165) is 116 Å². The van der Waals surface area contributed by atoms with Gasteiger partial charge in [-0.25, -0.2) is 0 Å². The van der Waals surface area contributed by atoms with Crippen LogP contribution < -0.4 is 10.2 Å². The van der Waals surface area contributed by atoms with Gasteiger partial charge in [-0.3, -0.25) is 9.36 Å². The van der Waals surface area contributed by atoms with Crippen LogP contribution in [0.5, 0.6) is 0 Å². The van der Waals surface area contributed by atoms with Crippen molar-refractivity contribution in [1.82, 2.24) is 5.32 Å². The van der Waals surface area contributed by atoms with E-state index in [1.165, 1.54) is 161 Å². The first-order valence-electron chi connectivity index (χ1n) is 35.4. The second-order valence-electron chi connectivity index (χ2n) is 24.9. The lowest BCUT2D eigenvalue weighted by atomic mass is 10.0. The zero-order valence-electron chi connectivity index (χ0n) is 56.0. The molecule has 0 aromatic rings. The van der Waals surface area contributed by atoms with Gasteiger partial charge in [0, 0.05) is 6.42 Å². The minimum absolute atomic E-state index is 0.00353. The van der Waals surface area contributed by atoms with Gasteiger partial charge in [0.25, 0.3) is 7.82 Å². The van der Waals surface area contributed by atoms with E-state index in [4.69, 9.17) is 9.05 Å². The number of quaternary nitrogens is 1. The van der Waals surface area contributed by atoms with Gasteiger partial charge in [-0.05, 0) is 89.9 Å². The summed E-state index contributed by atoms with van der Waals surface area (Å²) in [5.74, 6) is -0.180. The Kier molecular flexibility index (Phi) is 63.0. The maximum Gasteiger partial charge on any atom is 0.268 e. The fourth-order valence-electron chi connectivity index (χ4n) is 10.0. The summed E-state index contributed by atoms with van der Waals surface area (Å²) in [6, 6.07) is -0.819. The molecule has 85 heavy (non-hydrogen) atoms. The van der Waals surface area contributed by atoms with E-state index in [1.807, 2.05) is 21.1 Å². The molecular formula is C76H135N2O6P. The van der Waals surface area contributed by atoms with Gasteiger partial charge in [-0.15, -0.1) is 0 Å². The van der Waals surface area contributed by atoms with Crippen LogP contribution >= 0.6 is 7.82 Å². The Morgan fingerprint density at radius 3 is 1.05 bits per heavy atom. The van der Waals surface area contributed by atoms with Gasteiger partial charge < -0.3 is 28.8 Å². The second kappa shape index (κ2) is 65.3. The molecule has 0 heterocycles. The first-order valence-corrected chi connectivity index (χ1v) is 36.8. The van der Waals surface area contributed by atoms with Crippen LogP contribution in [0.2, 0.25) is 0 Å². The Bertz CT molecular complexity index is 1800. The maximum atomic E-state index is 13.1. The van der Waals surface area contributed by atoms with Gasteiger partial charge in [0.15, 0.2) is 0 Å². The molecule has 0 aliphatic carbocycles. The largest absolute Gasteiger partial charge is 0.756 e. The van der Waals surface area contributed by atoms with Crippen molar-refractivity contribution in [1.29, 1.82) is 0 Å². The minimum atomic E-state index is -4.59. The summed E-state index contributed by atoms with van der Waals surface area (Å²) < 4.78 is 23.5. The van der Waals surface area contributed by atoms with E-state index in [2.05, 4.69) is 141 Å². The molecule has 0 aromatic heterocycles. The van der Waals surface area contributed by atoms with Gasteiger partial charge in [0.2, 0.25) is 5.91 Å². The fourth-order valence-corrected chi connectivity index (χ4v) is 10.7. The highest BCUT2D eigenvalue weighted by atomic mass is 31.2. The molecule has 0 saturated carbocycles. The minimum Gasteiger partial charge on any atom is -0.756 e. The Hall–Kier alpha value is -3.10. The number of carbonyl (C=O) groups is 1. The van der Waals surface area contributed by atoms with Crippen molar-refractivity contribution in [3.63, 3.8) is 0 Å². The molecule has 0 aromatic carbocycles. The average molecular weight is 1200 g/mol. The maximum absolute atomic E-state index is 13.1. The highest BCUT2D eigenvalue weighted by Gasteiger charge is 2.24. The van der Waals surface area contributed by atoms with Gasteiger partial charge in [-0.2, -0.15) is 0 Å². The molecule has 1 amide bonds. The molecule has 0 spiro atoms. The summed E-state index contributed by atoms with van der Waals surface area (Å²) in [4.78, 5) is 25.7. The number of allylic oxidation sites excluding steroid dienone is 20. The number of hydrogen-bond donors (Lipinski definition) is 2. The second-order valence-corrected chi connectivity index (χ2v) is 26.3. The molecule has 0 saturated heterocycles. The van der Waals surface area contributed by atoms with Gasteiger partial charge in [0.05, 0.1) is 39.9 Å². The molecule has 0 rings (SSSR count). The van der Waals surface area contributed by atoms with E-state index < -0.39 is 20.0 Å². The number of aliphatic hydroxyl groups excluding tert-OH is 1. The lowest BCUT2D eigenvalue weighted by molar-refractivity contribution is -0.870. The quantitative estimate of drug-likeness (QED) is 0.0272. The standard InChI is InChI=1S/C76H135N2O6P/c1-6-8-10-12-14-16-18-20-22-24-26-28-30-32-34-35-36-37-38-39-40-41-42-43-44-46-48-50-52-54-56-58-60-62-64-66-68-70-76(80)77-74(73-84-85(81,82)83-72-71-78(3,4)5)75(79)69-67-65-63-61-59-57-55-53-51-49-47-45-33-31-29-27-25-23-21-19-17-15-13-11-9-7-2/h8,10,14,16,20,22,26,28,32,34,36-37,39-40,42-43,46,48,52,54,74-75,79H,6-7,9,11-13,15,17-19,21,23-25,27,29-31,33,35,38,41,44-45,47,49-51,53,55-73H2,1-5H3,(H-,77,80,81,82)/b10-8-,16-14-,22-20-,28-26-,34-32-,37-36-,40-39-,43-42-,48-46-,54-52-. The van der Waals surface area contributed by atoms with Crippen LogP contribution in [0.3, 0.4) is 0 Å². The van der Waals surface area contributed by atoms with Crippen molar-refractivity contribution < 1.29 is 32.9 Å². The summed E-state index contributed by atoms with van der Waals surface area (Å²) >= 11 is 0. The number of phosphoric acid groups is 1. The van der Waals surface area contributed by atoms with Crippen molar-refractivity contribution in [3.8, 4) is 0 Å². The first-order chi connectivity index (χ1) is 41.5. The Labute approximate surface area is 526 Å². The molecule has 0 aliphatic heterocycles. The zero-order chi connectivity index (χ0) is 61.9. The molecule has 8 nitrogen and oxygen atoms in total. The van der Waals surface area contributed by atoms with E-state index in [-0.39, 0.29) is 19.1 Å². The average Bonchev–Trinajstić information content (AvgIpc) is 3.49. The molecule has 3 unspecified atom stereocenters. The van der Waals surface area contributed by atoms with Crippen molar-refractivity contribution in [2.45, 2.75) is 315 Å². The molecule has 0 bridgehead atoms. The zero-order valence-corrected chi connectivity index (χ0v) is 56.9. The monoisotopic (exact) mass is 1200 g/mol. The van der Waals surface area contributed by atoms with E-state index in [0.29, 0.717) is 23.9 Å². The third kappa shape index (κ3) is 68.3. The summed E-state index contributed by atoms with van der Waals surface area (Å²) in [5.41, 5.74) is 0. The van der Waals surface area contributed by atoms with Gasteiger partial charge in [0.1, 0.15) is 13.2 Å². The Morgan fingerprint density at radius 1 is 0.424 bits per heavy atom. The van der Waals surface area contributed by atoms with Crippen LogP contribution in [0, 0.1) is 0 Å². The summed E-state index contributed by atoms with van der Waals surface area (Å²) in [5, 5.41) is 14.1. The number of carbonyl (C=O) groups excluding carboxylic acids is 1. The molecular weight excluding hydrogens is 1070 g/mol. The number of unbranched alkanes of at least 4 members (excludes halogenated alkanes) is 31. The summed E-state index contributed by atoms with van der Waals surface area (Å²) in [7, 11) is 1.29. The van der Waals surface area contributed by atoms with Crippen molar-refractivity contribution in [2.24, 2.45) is 0 Å². The summed E-state index contributed by atoms with van der Waals surface area (Å²) in [6.07, 6.45) is 96.9. The molecule has 0 aliphatic rings. The van der Waals surface area contributed by atoms with Crippen molar-refractivity contribution in [3.05, 3.63) is 122 Å². The number of aliphatic hydroxyl groups is 1. The number of hydrogen-bond acceptors (Lipinski definition) is 6. The third-order valence-electron chi connectivity index (χ3n) is 15.5. The lowest BCUT2D eigenvalue weighted by Crippen LogP contribution is -2.46. The van der Waals surface area contributed by atoms with Gasteiger partial charge >= 0.3 is 0 Å². The van der Waals surface area contributed by atoms with Gasteiger partial charge in [-0.1, -0.05) is 328 Å². The number of amides is 1. The number of rotatable bonds is 64. The predicted octanol–water partition coefficient (Wildman–Crippen LogP) is 22.2. The molecule has 9 heteroatoms. The fraction of sp³-hybridized carbons (Fsp3) is 0.724. The first kappa shape index (κ1) is 81.9. The molecule has 490 valence electrons. The Morgan fingerprint density at radius 2 is 0.718 bits per heavy atom. The Balaban J connectivity index is 4.14. The molecule has 2 N–H and O–H groups in total. The van der Waals surface area contributed by atoms with Crippen molar-refractivity contribution >= 4 is 13.7 Å². The highest BCUT2D eigenvalue weighted by Crippen LogP contribution is 2.38. The SMILES string of the molecule is CC/C=C\C/C=C\C/C=C\C/C=C\C/C=C\C/C=C\C/C=C\C/C=C\C/C=C\C/C=C\CCCCCCCCC(=O)NC(COP(=O)([O-])OCC[N+](C)(C)C)C(O)CCCCCCCCCCCCCCCCCCCCCCCCCCCC. The normalized spacial score (nSPS) is 14.4. The van der Waals surface area contributed by atoms with E-state index >= 15 is 0 Å². The number of likely N-dealkylation sites (N-methyl/N-ethyl adjacent to an activating group) is 1. The number of nitrogens with zero attached hydrogens (tertiary/aromatic N) is 1. The molecule has 0 fully saturated rings. The molecule has 0 radical (unpaired) electrons. The van der Waals surface area contributed by atoms with E-state index in [1.54, 1.807) is 0 Å². The van der Waals surface area contributed by atoms with Crippen molar-refractivity contribution in [2.75, 3.05) is 40.9 Å². The van der Waals surface area contributed by atoms with Crippen LogP contribution in [0.25, 0.3) is 0 Å². The van der Waals surface area contributed by atoms with Crippen LogP contribution in [0.15, 0.2) is 122 Å². The summed E-state index contributed by atoms with van der Waals surface area (Å²) in [6.45, 7) is 4.62. The van der Waals surface area contributed by atoms with Crippen LogP contribution in [-0.2, 0) is 18.4 Å². The highest BCUT2D eigenvalue weighted by molar-refractivity contribution is 7.45. The topological polar surface area (TPSA) is 108 Å². The third-order valence-corrected chi connectivity index (χ3v) is 16.4. The predicted molar refractivity (Wildman–Crippen MR) is 371 cm³/mol. The lowest BCUT2D eigenvalue weighted by Gasteiger charge is -2.30. The van der Waals surface area contributed by atoms with Crippen LogP contribution in [-0.4, -0.2) is 68.5 Å². The molecule has 3 atom stereocenters. The smallest absolute Gasteiger partial charge is 0.268 e. The number of nitrogens with one attached hydrogen (secondary N) is 1.